The first-order valence-corrected chi connectivity index (χ1v) is 8.82. The largest absolute Gasteiger partial charge is 0.435 e. The number of halogens is 2. The summed E-state index contributed by atoms with van der Waals surface area (Å²) < 4.78 is 28.9. The van der Waals surface area contributed by atoms with Crippen LogP contribution in [0.2, 0.25) is 0 Å². The maximum atomic E-state index is 12.3. The predicted octanol–water partition coefficient (Wildman–Crippen LogP) is 3.20. The molecule has 0 unspecified atom stereocenters. The van der Waals surface area contributed by atoms with Gasteiger partial charge in [0.15, 0.2) is 5.82 Å². The summed E-state index contributed by atoms with van der Waals surface area (Å²) >= 11 is 1.43. The highest BCUT2D eigenvalue weighted by Crippen LogP contribution is 2.27. The second-order valence-electron chi connectivity index (χ2n) is 5.32. The van der Waals surface area contributed by atoms with Crippen LogP contribution in [0.1, 0.15) is 10.5 Å². The van der Waals surface area contributed by atoms with Crippen molar-refractivity contribution in [2.75, 3.05) is 13.2 Å². The lowest BCUT2D eigenvalue weighted by Gasteiger charge is -2.09. The third kappa shape index (κ3) is 4.83. The van der Waals surface area contributed by atoms with Gasteiger partial charge in [0.1, 0.15) is 11.4 Å². The Bertz CT molecular complexity index is 903. The summed E-state index contributed by atoms with van der Waals surface area (Å²) in [5.41, 5.74) is 1.23. The van der Waals surface area contributed by atoms with E-state index >= 15 is 0 Å². The van der Waals surface area contributed by atoms with E-state index in [-0.39, 0.29) is 24.6 Å². The number of thiophene rings is 1. The molecule has 0 aliphatic rings. The van der Waals surface area contributed by atoms with Crippen molar-refractivity contribution in [3.8, 4) is 27.7 Å². The minimum absolute atomic E-state index is 0.0298. The summed E-state index contributed by atoms with van der Waals surface area (Å²) in [6.07, 6.45) is 0. The molecular formula is C18H15F2N3O3S. The summed E-state index contributed by atoms with van der Waals surface area (Å²) in [5.74, 6) is -0.0325. The van der Waals surface area contributed by atoms with E-state index in [9.17, 15) is 13.6 Å². The Balaban J connectivity index is 1.98. The number of carbonyl (C=O) groups is 1. The van der Waals surface area contributed by atoms with Gasteiger partial charge in [0.2, 0.25) is 0 Å². The molecule has 3 aromatic rings. The average Bonchev–Trinajstić information content (AvgIpc) is 3.20. The molecule has 0 atom stereocenters. The number of carbonyl (C=O) groups excluding carboxylic acids is 1. The van der Waals surface area contributed by atoms with E-state index in [1.54, 1.807) is 12.1 Å². The van der Waals surface area contributed by atoms with Crippen LogP contribution in [0.5, 0.6) is 5.75 Å². The molecule has 0 saturated carbocycles. The van der Waals surface area contributed by atoms with Crippen molar-refractivity contribution in [3.05, 3.63) is 53.5 Å². The molecule has 6 nitrogen and oxygen atoms in total. The highest BCUT2D eigenvalue weighted by molar-refractivity contribution is 7.13. The Hall–Kier alpha value is -2.91. The lowest BCUT2D eigenvalue weighted by atomic mass is 10.1. The Labute approximate surface area is 157 Å². The SMILES string of the molecule is O=C(NCCO)c1cc(-c2ccc(OC(F)F)cc2)nc(-c2cccs2)n1. The number of rotatable bonds is 7. The fraction of sp³-hybridized carbons (Fsp3) is 0.167. The number of ether oxygens (including phenoxy) is 1. The smallest absolute Gasteiger partial charge is 0.387 e. The molecule has 0 saturated heterocycles. The number of hydrogen-bond acceptors (Lipinski definition) is 6. The van der Waals surface area contributed by atoms with Crippen LogP contribution < -0.4 is 10.1 Å². The number of alkyl halides is 2. The minimum atomic E-state index is -2.90. The Kier molecular flexibility index (Phi) is 6.05. The van der Waals surface area contributed by atoms with Gasteiger partial charge >= 0.3 is 6.61 Å². The lowest BCUT2D eigenvalue weighted by molar-refractivity contribution is -0.0498. The van der Waals surface area contributed by atoms with Crippen molar-refractivity contribution >= 4 is 17.2 Å². The topological polar surface area (TPSA) is 84.3 Å². The Morgan fingerprint density at radius 1 is 1.22 bits per heavy atom. The van der Waals surface area contributed by atoms with Crippen molar-refractivity contribution in [3.63, 3.8) is 0 Å². The Morgan fingerprint density at radius 3 is 2.63 bits per heavy atom. The average molecular weight is 391 g/mol. The first-order chi connectivity index (χ1) is 13.1. The highest BCUT2D eigenvalue weighted by atomic mass is 32.1. The molecular weight excluding hydrogens is 376 g/mol. The normalized spacial score (nSPS) is 10.8. The van der Waals surface area contributed by atoms with E-state index in [0.717, 1.165) is 4.88 Å². The molecule has 1 amide bonds. The van der Waals surface area contributed by atoms with Crippen LogP contribution in [0, 0.1) is 0 Å². The molecule has 0 aliphatic heterocycles. The van der Waals surface area contributed by atoms with Crippen molar-refractivity contribution in [2.24, 2.45) is 0 Å². The zero-order valence-electron chi connectivity index (χ0n) is 13.9. The molecule has 0 aliphatic carbocycles. The van der Waals surface area contributed by atoms with Gasteiger partial charge in [-0.15, -0.1) is 11.3 Å². The maximum Gasteiger partial charge on any atom is 0.387 e. The number of benzene rings is 1. The van der Waals surface area contributed by atoms with Gasteiger partial charge in [-0.1, -0.05) is 6.07 Å². The van der Waals surface area contributed by atoms with E-state index in [0.29, 0.717) is 17.1 Å². The molecule has 0 fully saturated rings. The quantitative estimate of drug-likeness (QED) is 0.646. The third-order valence-corrected chi connectivity index (χ3v) is 4.34. The molecule has 0 spiro atoms. The van der Waals surface area contributed by atoms with Gasteiger partial charge in [0.05, 0.1) is 17.2 Å². The number of hydrogen-bond donors (Lipinski definition) is 2. The molecule has 0 bridgehead atoms. The standard InChI is InChI=1S/C18H15F2N3O3S/c19-18(20)26-12-5-3-11(4-6-12)13-10-14(17(25)21-7-8-24)23-16(22-13)15-2-1-9-27-15/h1-6,9-10,18,24H,7-8H2,(H,21,25). The van der Waals surface area contributed by atoms with Gasteiger partial charge in [-0.25, -0.2) is 9.97 Å². The maximum absolute atomic E-state index is 12.3. The van der Waals surface area contributed by atoms with Crippen LogP contribution in [0.25, 0.3) is 22.0 Å². The second kappa shape index (κ2) is 8.65. The van der Waals surface area contributed by atoms with Gasteiger partial charge in [0, 0.05) is 12.1 Å². The van der Waals surface area contributed by atoms with E-state index in [1.165, 1.54) is 29.5 Å². The zero-order valence-corrected chi connectivity index (χ0v) is 14.7. The second-order valence-corrected chi connectivity index (χ2v) is 6.27. The van der Waals surface area contributed by atoms with Crippen LogP contribution in [0.3, 0.4) is 0 Å². The number of aliphatic hydroxyl groups excluding tert-OH is 1. The van der Waals surface area contributed by atoms with Crippen LogP contribution >= 0.6 is 11.3 Å². The number of nitrogens with one attached hydrogen (secondary N) is 1. The third-order valence-electron chi connectivity index (χ3n) is 3.47. The molecule has 2 N–H and O–H groups in total. The molecule has 0 radical (unpaired) electrons. The monoisotopic (exact) mass is 391 g/mol. The van der Waals surface area contributed by atoms with Gasteiger partial charge in [-0.3, -0.25) is 4.79 Å². The number of aromatic nitrogens is 2. The fourth-order valence-electron chi connectivity index (χ4n) is 2.29. The summed E-state index contributed by atoms with van der Waals surface area (Å²) in [5, 5.41) is 13.3. The van der Waals surface area contributed by atoms with Crippen molar-refractivity contribution in [2.45, 2.75) is 6.61 Å². The number of amides is 1. The van der Waals surface area contributed by atoms with E-state index in [1.807, 2.05) is 17.5 Å². The molecule has 1 aromatic carbocycles. The van der Waals surface area contributed by atoms with Gasteiger partial charge in [-0.2, -0.15) is 8.78 Å². The molecule has 2 aromatic heterocycles. The van der Waals surface area contributed by atoms with Crippen LogP contribution in [-0.2, 0) is 0 Å². The summed E-state index contributed by atoms with van der Waals surface area (Å²) in [4.78, 5) is 21.8. The predicted molar refractivity (Wildman–Crippen MR) is 96.8 cm³/mol. The van der Waals surface area contributed by atoms with Gasteiger partial charge in [-0.05, 0) is 41.8 Å². The van der Waals surface area contributed by atoms with Crippen LogP contribution in [-0.4, -0.2) is 40.7 Å². The first kappa shape index (κ1) is 18.9. The molecule has 3 rings (SSSR count). The fourth-order valence-corrected chi connectivity index (χ4v) is 2.95. The lowest BCUT2D eigenvalue weighted by Crippen LogP contribution is -2.27. The minimum Gasteiger partial charge on any atom is -0.435 e. The summed E-state index contributed by atoms with van der Waals surface area (Å²) in [6, 6.07) is 11.1. The zero-order chi connectivity index (χ0) is 19.2. The van der Waals surface area contributed by atoms with Crippen molar-refractivity contribution in [1.82, 2.24) is 15.3 Å². The van der Waals surface area contributed by atoms with Crippen LogP contribution in [0.15, 0.2) is 47.8 Å². The number of aliphatic hydroxyl groups is 1. The van der Waals surface area contributed by atoms with Crippen molar-refractivity contribution < 1.29 is 23.4 Å². The Morgan fingerprint density at radius 2 is 2.00 bits per heavy atom. The van der Waals surface area contributed by atoms with Gasteiger partial charge in [0.25, 0.3) is 5.91 Å². The van der Waals surface area contributed by atoms with E-state index < -0.39 is 12.5 Å². The number of nitrogens with zero attached hydrogens (tertiary/aromatic N) is 2. The van der Waals surface area contributed by atoms with E-state index in [4.69, 9.17) is 5.11 Å². The van der Waals surface area contributed by atoms with Crippen LogP contribution in [0.4, 0.5) is 8.78 Å². The summed E-state index contributed by atoms with van der Waals surface area (Å²) in [6.45, 7) is -2.98. The molecule has 140 valence electrons. The molecule has 9 heteroatoms. The summed E-state index contributed by atoms with van der Waals surface area (Å²) in [7, 11) is 0. The highest BCUT2D eigenvalue weighted by Gasteiger charge is 2.15. The van der Waals surface area contributed by atoms with Gasteiger partial charge < -0.3 is 15.2 Å². The van der Waals surface area contributed by atoms with Crippen molar-refractivity contribution in [1.29, 1.82) is 0 Å². The first-order valence-electron chi connectivity index (χ1n) is 7.94. The van der Waals surface area contributed by atoms with E-state index in [2.05, 4.69) is 20.0 Å². The molecule has 27 heavy (non-hydrogen) atoms. The molecule has 2 heterocycles.